The maximum atomic E-state index is 3.50. The molecule has 3 heteroatoms. The molecule has 0 spiro atoms. The third kappa shape index (κ3) is 0.238. The summed E-state index contributed by atoms with van der Waals surface area (Å²) in [4.78, 5) is 3.50. The minimum Gasteiger partial charge on any atom is -0.221 e. The lowest BCUT2D eigenvalue weighted by Crippen LogP contribution is -1.79. The third-order valence-electron chi connectivity index (χ3n) is 0.303. The van der Waals surface area contributed by atoms with E-state index in [9.17, 15) is 0 Å². The molecule has 0 atom stereocenters. The van der Waals surface area contributed by atoms with Crippen molar-refractivity contribution in [3.63, 3.8) is 0 Å². The van der Waals surface area contributed by atoms with E-state index < -0.39 is 0 Å². The fraction of sp³-hybridized carbons (Fsp3) is 0. The van der Waals surface area contributed by atoms with Gasteiger partial charge in [-0.1, -0.05) is 0 Å². The fourth-order valence-electron chi connectivity index (χ4n) is 0.149. The van der Waals surface area contributed by atoms with Gasteiger partial charge in [0.1, 0.15) is 12.7 Å². The first-order chi connectivity index (χ1) is 2.50. The van der Waals surface area contributed by atoms with Crippen LogP contribution in [0.5, 0.6) is 0 Å². The molecule has 3 nitrogen and oxygen atoms in total. The molecule has 5 heavy (non-hydrogen) atoms. The summed E-state index contributed by atoms with van der Waals surface area (Å²) in [5.41, 5.74) is 3.36. The normalized spacial score (nSPS) is 16.0. The zero-order valence-electron chi connectivity index (χ0n) is 3.50. The van der Waals surface area contributed by atoms with Gasteiger partial charge >= 0.3 is 1.43 Å². The Morgan fingerprint density at radius 3 is 2.60 bits per heavy atom. The second-order valence-electron chi connectivity index (χ2n) is 0.611. The van der Waals surface area contributed by atoms with Crippen LogP contribution in [-0.2, 0) is 0 Å². The van der Waals surface area contributed by atoms with Gasteiger partial charge in [-0.25, -0.2) is 4.99 Å². The lowest BCUT2D eigenvalue weighted by atomic mass is 11.3. The van der Waals surface area contributed by atoms with E-state index >= 15 is 0 Å². The van der Waals surface area contributed by atoms with Crippen molar-refractivity contribution in [3.8, 4) is 0 Å². The highest BCUT2D eigenvalue weighted by molar-refractivity contribution is 5.75. The van der Waals surface area contributed by atoms with Crippen LogP contribution in [0.4, 0.5) is 0 Å². The summed E-state index contributed by atoms with van der Waals surface area (Å²) in [7, 11) is 0. The molecule has 0 aromatic heterocycles. The summed E-state index contributed by atoms with van der Waals surface area (Å²) in [6.45, 7) is 0. The molecule has 1 aliphatic heterocycles. The SMILES string of the molecule is C1=NC=N[N]1.[H+]. The van der Waals surface area contributed by atoms with E-state index in [1.54, 1.807) is 0 Å². The Morgan fingerprint density at radius 2 is 2.40 bits per heavy atom. The van der Waals surface area contributed by atoms with Crippen molar-refractivity contribution in [2.75, 3.05) is 0 Å². The molecular formula is C2H3N3+. The highest BCUT2D eigenvalue weighted by Gasteiger charge is 1.73. The molecule has 0 amide bonds. The second-order valence-corrected chi connectivity index (χ2v) is 0.611. The first-order valence-corrected chi connectivity index (χ1v) is 1.23. The number of hydrogen-bond donors (Lipinski definition) is 0. The molecule has 0 saturated carbocycles. The molecule has 0 aromatic rings. The smallest absolute Gasteiger partial charge is 0.221 e. The maximum Gasteiger partial charge on any atom is 1.00 e. The van der Waals surface area contributed by atoms with Gasteiger partial charge in [0.05, 0.1) is 0 Å². The van der Waals surface area contributed by atoms with Crippen molar-refractivity contribution < 1.29 is 1.43 Å². The van der Waals surface area contributed by atoms with Gasteiger partial charge in [-0.05, 0) is 0 Å². The molecule has 1 rings (SSSR count). The van der Waals surface area contributed by atoms with Crippen LogP contribution < -0.4 is 5.43 Å². The van der Waals surface area contributed by atoms with Gasteiger partial charge < -0.3 is 0 Å². The Morgan fingerprint density at radius 1 is 1.40 bits per heavy atom. The van der Waals surface area contributed by atoms with Gasteiger partial charge in [0.25, 0.3) is 0 Å². The van der Waals surface area contributed by atoms with Crippen LogP contribution in [0, 0.1) is 0 Å². The Bertz CT molecular complexity index is 66.9. The zero-order chi connectivity index (χ0) is 3.54. The first kappa shape index (κ1) is 2.38. The van der Waals surface area contributed by atoms with Gasteiger partial charge in [-0.2, -0.15) is 0 Å². The summed E-state index contributed by atoms with van der Waals surface area (Å²) >= 11 is 0. The molecule has 0 aromatic carbocycles. The van der Waals surface area contributed by atoms with Gasteiger partial charge in [0, 0.05) is 0 Å². The quantitative estimate of drug-likeness (QED) is 0.374. The summed E-state index contributed by atoms with van der Waals surface area (Å²) in [6.07, 6.45) is 2.78. The number of rotatable bonds is 0. The monoisotopic (exact) mass is 69.0 g/mol. The average molecular weight is 69.1 g/mol. The Hall–Kier alpha value is -0.860. The summed E-state index contributed by atoms with van der Waals surface area (Å²) in [5.74, 6) is 0. The van der Waals surface area contributed by atoms with E-state index in [4.69, 9.17) is 0 Å². The molecule has 0 fully saturated rings. The van der Waals surface area contributed by atoms with Crippen LogP contribution in [0.3, 0.4) is 0 Å². The molecule has 25 valence electrons. The van der Waals surface area contributed by atoms with Gasteiger partial charge in [-0.3, -0.25) is 0 Å². The number of hydrogen-bond acceptors (Lipinski definition) is 2. The predicted octanol–water partition coefficient (Wildman–Crippen LogP) is -0.311. The van der Waals surface area contributed by atoms with E-state index in [1.165, 1.54) is 12.7 Å². The second kappa shape index (κ2) is 0.839. The van der Waals surface area contributed by atoms with Crippen LogP contribution in [0.25, 0.3) is 0 Å². The minimum absolute atomic E-state index is 0. The van der Waals surface area contributed by atoms with Crippen LogP contribution in [0.2, 0.25) is 0 Å². The molecule has 0 bridgehead atoms. The van der Waals surface area contributed by atoms with Crippen LogP contribution in [0.15, 0.2) is 10.1 Å². The van der Waals surface area contributed by atoms with E-state index in [0.717, 1.165) is 0 Å². The fourth-order valence-corrected chi connectivity index (χ4v) is 0.149. The molecular weight excluding hydrogens is 66.0 g/mol. The highest BCUT2D eigenvalue weighted by Crippen LogP contribution is 1.65. The van der Waals surface area contributed by atoms with E-state index in [-0.39, 0.29) is 1.43 Å². The van der Waals surface area contributed by atoms with Gasteiger partial charge in [0.2, 0.25) is 0 Å². The summed E-state index contributed by atoms with van der Waals surface area (Å²) in [5, 5.41) is 3.36. The van der Waals surface area contributed by atoms with Crippen molar-refractivity contribution in [3.05, 3.63) is 0 Å². The van der Waals surface area contributed by atoms with E-state index in [0.29, 0.717) is 0 Å². The topological polar surface area (TPSA) is 38.8 Å². The van der Waals surface area contributed by atoms with Crippen LogP contribution in [-0.4, -0.2) is 12.7 Å². The Kier molecular flexibility index (Phi) is 0.400. The van der Waals surface area contributed by atoms with Gasteiger partial charge in [0.15, 0.2) is 0 Å². The lowest BCUT2D eigenvalue weighted by Gasteiger charge is -1.59. The number of aliphatic imine (C=N–C) groups is 1. The standard InChI is InChI=1S/C2H2N3/c1-3-2-5-4-1/h1-2H/p+1. The van der Waals surface area contributed by atoms with Gasteiger partial charge in [-0.15, -0.1) is 10.5 Å². The summed E-state index contributed by atoms with van der Waals surface area (Å²) < 4.78 is 0. The van der Waals surface area contributed by atoms with E-state index in [2.05, 4.69) is 15.5 Å². The van der Waals surface area contributed by atoms with E-state index in [1.807, 2.05) is 0 Å². The molecule has 0 unspecified atom stereocenters. The molecule has 1 heterocycles. The van der Waals surface area contributed by atoms with Crippen LogP contribution >= 0.6 is 0 Å². The minimum atomic E-state index is 0. The predicted molar refractivity (Wildman–Crippen MR) is 20.2 cm³/mol. The Balaban J connectivity index is 0.000000250. The van der Waals surface area contributed by atoms with Crippen molar-refractivity contribution in [1.82, 2.24) is 5.43 Å². The largest absolute Gasteiger partial charge is 1.00 e. The molecule has 0 aliphatic carbocycles. The van der Waals surface area contributed by atoms with Crippen molar-refractivity contribution in [1.29, 1.82) is 0 Å². The molecule has 1 radical (unpaired) electrons. The molecule has 0 N–H and O–H groups in total. The van der Waals surface area contributed by atoms with Crippen molar-refractivity contribution in [2.24, 2.45) is 10.1 Å². The Labute approximate surface area is 30.9 Å². The maximum absolute atomic E-state index is 3.50. The average Bonchev–Trinajstić information content (AvgIpc) is 1.76. The van der Waals surface area contributed by atoms with Crippen molar-refractivity contribution >= 4 is 12.7 Å². The zero-order valence-corrected chi connectivity index (χ0v) is 2.50. The van der Waals surface area contributed by atoms with Crippen LogP contribution in [0.1, 0.15) is 1.43 Å². The number of nitrogens with zero attached hydrogens (tertiary/aromatic N) is 3. The summed E-state index contributed by atoms with van der Waals surface area (Å²) in [6, 6.07) is 0. The lowest BCUT2D eigenvalue weighted by molar-refractivity contribution is 1.07. The first-order valence-electron chi connectivity index (χ1n) is 1.23. The molecule has 0 saturated heterocycles. The van der Waals surface area contributed by atoms with Crippen molar-refractivity contribution in [2.45, 2.75) is 0 Å². The third-order valence-corrected chi connectivity index (χ3v) is 0.303. The molecule has 1 aliphatic rings. The highest BCUT2D eigenvalue weighted by atomic mass is 15.3.